The molecule has 0 saturated carbocycles. The highest BCUT2D eigenvalue weighted by Crippen LogP contribution is 2.37. The Bertz CT molecular complexity index is 739. The first-order valence-corrected chi connectivity index (χ1v) is 9.26. The molecule has 0 bridgehead atoms. The fraction of sp³-hybridized carbons (Fsp3) is 0.429. The summed E-state index contributed by atoms with van der Waals surface area (Å²) in [6.45, 7) is 1.11. The lowest BCUT2D eigenvalue weighted by Crippen LogP contribution is -2.57. The first kappa shape index (κ1) is 17.3. The molecule has 1 unspecified atom stereocenters. The summed E-state index contributed by atoms with van der Waals surface area (Å²) >= 11 is 0. The molecule has 3 heterocycles. The van der Waals surface area contributed by atoms with E-state index in [1.165, 1.54) is 0 Å². The number of hydrogen-bond donors (Lipinski definition) is 0. The van der Waals surface area contributed by atoms with E-state index in [4.69, 9.17) is 28.4 Å². The molecule has 6 nitrogen and oxygen atoms in total. The lowest BCUT2D eigenvalue weighted by atomic mass is 10.0. The molecule has 142 valence electrons. The van der Waals surface area contributed by atoms with Crippen LogP contribution in [0.2, 0.25) is 0 Å². The molecular weight excluding hydrogens is 348 g/mol. The lowest BCUT2D eigenvalue weighted by Gasteiger charge is -2.44. The van der Waals surface area contributed by atoms with Crippen molar-refractivity contribution in [2.45, 2.75) is 37.0 Å². The second kappa shape index (κ2) is 7.67. The molecule has 2 aromatic carbocycles. The Morgan fingerprint density at radius 2 is 1.15 bits per heavy atom. The molecule has 27 heavy (non-hydrogen) atoms. The summed E-state index contributed by atoms with van der Waals surface area (Å²) < 4.78 is 35.7. The fourth-order valence-corrected chi connectivity index (χ4v) is 3.76. The molecule has 0 aromatic heterocycles. The monoisotopic (exact) mass is 370 g/mol. The van der Waals surface area contributed by atoms with Crippen LogP contribution in [0.15, 0.2) is 60.7 Å². The van der Waals surface area contributed by atoms with E-state index in [9.17, 15) is 0 Å². The normalized spacial score (nSPS) is 36.3. The van der Waals surface area contributed by atoms with Crippen LogP contribution >= 0.6 is 0 Å². The number of rotatable bonds is 3. The van der Waals surface area contributed by atoms with Crippen LogP contribution in [-0.4, -0.2) is 44.4 Å². The van der Waals surface area contributed by atoms with Gasteiger partial charge in [-0.25, -0.2) is 0 Å². The standard InChI is InChI=1S/C21H22O6/c1-3-7-14(8-4-1)20-23-12-17(26-20)18-19-16(24-13-25-18)11-22-21(27-19)15-9-5-2-6-10-15/h1-10,16-21H,11-13H2/t16-,17+,18+,19+,20?,21+/m0/s1. The van der Waals surface area contributed by atoms with Gasteiger partial charge in [0.15, 0.2) is 12.6 Å². The third kappa shape index (κ3) is 3.52. The number of hydrogen-bond acceptors (Lipinski definition) is 6. The van der Waals surface area contributed by atoms with E-state index >= 15 is 0 Å². The Labute approximate surface area is 157 Å². The van der Waals surface area contributed by atoms with Crippen LogP contribution in [0, 0.1) is 0 Å². The van der Waals surface area contributed by atoms with Gasteiger partial charge in [0.2, 0.25) is 0 Å². The molecule has 0 aliphatic carbocycles. The molecule has 3 fully saturated rings. The van der Waals surface area contributed by atoms with Crippen molar-refractivity contribution in [3.05, 3.63) is 71.8 Å². The molecule has 6 heteroatoms. The zero-order chi connectivity index (χ0) is 18.1. The summed E-state index contributed by atoms with van der Waals surface area (Å²) in [5.74, 6) is 0. The molecular formula is C21H22O6. The van der Waals surface area contributed by atoms with Crippen molar-refractivity contribution in [3.63, 3.8) is 0 Å². The average Bonchev–Trinajstić information content (AvgIpc) is 3.24. The van der Waals surface area contributed by atoms with Crippen molar-refractivity contribution in [1.29, 1.82) is 0 Å². The quantitative estimate of drug-likeness (QED) is 0.828. The molecule has 3 saturated heterocycles. The number of benzene rings is 2. The van der Waals surface area contributed by atoms with Crippen molar-refractivity contribution in [3.8, 4) is 0 Å². The molecule has 0 amide bonds. The Balaban J connectivity index is 1.30. The van der Waals surface area contributed by atoms with E-state index < -0.39 is 6.29 Å². The van der Waals surface area contributed by atoms with Gasteiger partial charge in [-0.05, 0) is 0 Å². The van der Waals surface area contributed by atoms with Gasteiger partial charge in [-0.15, -0.1) is 0 Å². The minimum absolute atomic E-state index is 0.178. The van der Waals surface area contributed by atoms with Crippen molar-refractivity contribution in [2.75, 3.05) is 20.0 Å². The highest BCUT2D eigenvalue weighted by molar-refractivity contribution is 5.18. The van der Waals surface area contributed by atoms with Gasteiger partial charge in [0.1, 0.15) is 31.2 Å². The van der Waals surface area contributed by atoms with Crippen molar-refractivity contribution < 1.29 is 28.4 Å². The molecule has 0 radical (unpaired) electrons. The summed E-state index contributed by atoms with van der Waals surface area (Å²) in [5.41, 5.74) is 1.98. The maximum atomic E-state index is 6.23. The maximum absolute atomic E-state index is 6.23. The van der Waals surface area contributed by atoms with Crippen molar-refractivity contribution in [2.24, 2.45) is 0 Å². The SMILES string of the molecule is c1ccc(C2OC[C@H]([C@H]3OCO[C@H]4CO[C@@H](c5ccccc5)O[C@@H]34)O2)cc1. The number of fused-ring (bicyclic) bond motifs is 1. The Morgan fingerprint density at radius 3 is 1.81 bits per heavy atom. The second-order valence-electron chi connectivity index (χ2n) is 6.88. The van der Waals surface area contributed by atoms with Crippen LogP contribution in [0.4, 0.5) is 0 Å². The van der Waals surface area contributed by atoms with Gasteiger partial charge in [0.05, 0.1) is 13.2 Å². The molecule has 5 rings (SSSR count). The van der Waals surface area contributed by atoms with E-state index in [0.29, 0.717) is 13.2 Å². The Kier molecular flexibility index (Phi) is 4.92. The molecule has 0 spiro atoms. The molecule has 6 atom stereocenters. The largest absolute Gasteiger partial charge is 0.347 e. The van der Waals surface area contributed by atoms with Crippen molar-refractivity contribution >= 4 is 0 Å². The second-order valence-corrected chi connectivity index (χ2v) is 6.88. The fourth-order valence-electron chi connectivity index (χ4n) is 3.76. The van der Waals surface area contributed by atoms with Gasteiger partial charge in [-0.3, -0.25) is 0 Å². The summed E-state index contributed by atoms with van der Waals surface area (Å²) in [6.07, 6.45) is -1.77. The summed E-state index contributed by atoms with van der Waals surface area (Å²) in [7, 11) is 0. The first-order chi connectivity index (χ1) is 13.4. The maximum Gasteiger partial charge on any atom is 0.184 e. The van der Waals surface area contributed by atoms with E-state index in [2.05, 4.69) is 0 Å². The van der Waals surface area contributed by atoms with Crippen LogP contribution in [0.3, 0.4) is 0 Å². The molecule has 3 aliphatic heterocycles. The predicted molar refractivity (Wildman–Crippen MR) is 94.6 cm³/mol. The minimum atomic E-state index is -0.438. The summed E-state index contributed by atoms with van der Waals surface area (Å²) in [4.78, 5) is 0. The lowest BCUT2D eigenvalue weighted by molar-refractivity contribution is -0.343. The van der Waals surface area contributed by atoms with Gasteiger partial charge >= 0.3 is 0 Å². The minimum Gasteiger partial charge on any atom is -0.347 e. The van der Waals surface area contributed by atoms with Crippen molar-refractivity contribution in [1.82, 2.24) is 0 Å². The van der Waals surface area contributed by atoms with E-state index in [-0.39, 0.29) is 37.5 Å². The Hall–Kier alpha value is -1.80. The molecule has 3 aliphatic rings. The van der Waals surface area contributed by atoms with Gasteiger partial charge in [0.25, 0.3) is 0 Å². The van der Waals surface area contributed by atoms with Crippen LogP contribution in [0.1, 0.15) is 23.7 Å². The van der Waals surface area contributed by atoms with E-state index in [1.54, 1.807) is 0 Å². The van der Waals surface area contributed by atoms with Crippen LogP contribution < -0.4 is 0 Å². The average molecular weight is 370 g/mol. The van der Waals surface area contributed by atoms with Crippen LogP contribution in [-0.2, 0) is 28.4 Å². The smallest absolute Gasteiger partial charge is 0.184 e. The molecule has 2 aromatic rings. The third-order valence-corrected chi connectivity index (χ3v) is 5.15. The summed E-state index contributed by atoms with van der Waals surface area (Å²) in [5, 5.41) is 0. The highest BCUT2D eigenvalue weighted by atomic mass is 16.8. The van der Waals surface area contributed by atoms with Crippen LogP contribution in [0.5, 0.6) is 0 Å². The predicted octanol–water partition coefficient (Wildman–Crippen LogP) is 2.96. The van der Waals surface area contributed by atoms with Gasteiger partial charge in [-0.2, -0.15) is 0 Å². The third-order valence-electron chi connectivity index (χ3n) is 5.15. The number of ether oxygens (including phenoxy) is 6. The van der Waals surface area contributed by atoms with Gasteiger partial charge in [0, 0.05) is 11.1 Å². The summed E-state index contributed by atoms with van der Waals surface area (Å²) in [6, 6.07) is 19.8. The van der Waals surface area contributed by atoms with E-state index in [0.717, 1.165) is 11.1 Å². The highest BCUT2D eigenvalue weighted by Gasteiger charge is 2.48. The van der Waals surface area contributed by atoms with Crippen LogP contribution in [0.25, 0.3) is 0 Å². The zero-order valence-electron chi connectivity index (χ0n) is 14.8. The van der Waals surface area contributed by atoms with Gasteiger partial charge < -0.3 is 28.4 Å². The Morgan fingerprint density at radius 1 is 0.556 bits per heavy atom. The zero-order valence-corrected chi connectivity index (χ0v) is 14.8. The first-order valence-electron chi connectivity index (χ1n) is 9.26. The topological polar surface area (TPSA) is 55.4 Å². The van der Waals surface area contributed by atoms with E-state index in [1.807, 2.05) is 60.7 Å². The molecule has 0 N–H and O–H groups in total. The van der Waals surface area contributed by atoms with Gasteiger partial charge in [-0.1, -0.05) is 60.7 Å².